The lowest BCUT2D eigenvalue weighted by molar-refractivity contribution is -0.218. The fourth-order valence-corrected chi connectivity index (χ4v) is 10.9. The number of fused-ring (bicyclic) bond motifs is 5. The van der Waals surface area contributed by atoms with Crippen molar-refractivity contribution in [3.63, 3.8) is 0 Å². The zero-order valence-electron chi connectivity index (χ0n) is 21.9. The largest absolute Gasteiger partial charge is 0.412 e. The summed E-state index contributed by atoms with van der Waals surface area (Å²) in [4.78, 5) is 12.3. The maximum absolute atomic E-state index is 18.0. The highest BCUT2D eigenvalue weighted by Gasteiger charge is 2.73. The number of allylic oxidation sites excluding steroid dienone is 1. The van der Waals surface area contributed by atoms with Gasteiger partial charge in [0.1, 0.15) is 5.67 Å². The lowest BCUT2D eigenvalue weighted by Gasteiger charge is -2.65. The maximum atomic E-state index is 18.0. The minimum Gasteiger partial charge on any atom is -0.412 e. The first-order valence-electron chi connectivity index (χ1n) is 12.8. The molecule has 0 heterocycles. The lowest BCUT2D eigenvalue weighted by atomic mass is 9.44. The topological polar surface area (TPSA) is 35.5 Å². The molecule has 0 radical (unpaired) electrons. The molecule has 182 valence electrons. The molecule has 0 aromatic rings. The minimum absolute atomic E-state index is 0.0370. The smallest absolute Gasteiger partial charge is 0.184 e. The number of carbonyl (C=O) groups excluding carboxylic acids is 1. The fourth-order valence-electron chi connectivity index (χ4n) is 8.13. The van der Waals surface area contributed by atoms with Crippen molar-refractivity contribution in [2.75, 3.05) is 0 Å². The Labute approximate surface area is 197 Å². The van der Waals surface area contributed by atoms with Crippen LogP contribution in [0.4, 0.5) is 4.39 Å². The van der Waals surface area contributed by atoms with Crippen molar-refractivity contribution in [1.29, 1.82) is 0 Å². The van der Waals surface area contributed by atoms with Gasteiger partial charge in [-0.1, -0.05) is 19.4 Å². The number of rotatable bonds is 4. The molecule has 7 unspecified atom stereocenters. The number of alkyl halides is 1. The molecule has 0 saturated heterocycles. The van der Waals surface area contributed by atoms with Crippen molar-refractivity contribution < 1.29 is 18.0 Å². The average molecular weight is 481 g/mol. The quantitative estimate of drug-likeness (QED) is 0.404. The standard InChI is InChI=1S/C26H45FO3Si2/c1-23-14-12-19(28)16-18(23)10-11-21-20-13-15-25(3,30-32(7,8)9)24(20,2)17-22(26(21,23)27)29-31(4,5)6/h16,20-22H,10-15,17H2,1-9H3. The van der Waals surface area contributed by atoms with Crippen LogP contribution in [0, 0.1) is 22.7 Å². The molecule has 0 bridgehead atoms. The molecule has 0 aromatic carbocycles. The van der Waals surface area contributed by atoms with Gasteiger partial charge in [-0.3, -0.25) is 4.79 Å². The van der Waals surface area contributed by atoms with E-state index in [-0.39, 0.29) is 22.7 Å². The molecule has 7 atom stereocenters. The van der Waals surface area contributed by atoms with E-state index < -0.39 is 33.8 Å². The Hall–Kier alpha value is -0.306. The molecule has 0 aliphatic heterocycles. The van der Waals surface area contributed by atoms with Crippen LogP contribution in [-0.4, -0.2) is 39.8 Å². The van der Waals surface area contributed by atoms with Crippen LogP contribution in [-0.2, 0) is 13.6 Å². The van der Waals surface area contributed by atoms with Gasteiger partial charge >= 0.3 is 0 Å². The lowest BCUT2D eigenvalue weighted by Crippen LogP contribution is -2.70. The Morgan fingerprint density at radius 3 is 2.19 bits per heavy atom. The van der Waals surface area contributed by atoms with Crippen LogP contribution in [0.25, 0.3) is 0 Å². The molecule has 4 aliphatic rings. The number of halogens is 1. The van der Waals surface area contributed by atoms with E-state index in [4.69, 9.17) is 8.85 Å². The van der Waals surface area contributed by atoms with Gasteiger partial charge in [-0.05, 0) is 96.7 Å². The van der Waals surface area contributed by atoms with Crippen LogP contribution in [0.15, 0.2) is 11.6 Å². The van der Waals surface area contributed by atoms with Crippen LogP contribution in [0.1, 0.15) is 65.7 Å². The van der Waals surface area contributed by atoms with E-state index in [2.05, 4.69) is 60.1 Å². The van der Waals surface area contributed by atoms with Crippen LogP contribution in [0.5, 0.6) is 0 Å². The molecule has 6 heteroatoms. The predicted octanol–water partition coefficient (Wildman–Crippen LogP) is 7.05. The first kappa shape index (κ1) is 24.8. The Morgan fingerprint density at radius 2 is 1.59 bits per heavy atom. The monoisotopic (exact) mass is 480 g/mol. The minimum atomic E-state index is -2.00. The van der Waals surface area contributed by atoms with Crippen molar-refractivity contribution in [3.05, 3.63) is 11.6 Å². The number of carbonyl (C=O) groups is 1. The predicted molar refractivity (Wildman–Crippen MR) is 133 cm³/mol. The van der Waals surface area contributed by atoms with E-state index in [0.717, 1.165) is 31.3 Å². The van der Waals surface area contributed by atoms with Crippen LogP contribution in [0.3, 0.4) is 0 Å². The molecule has 3 saturated carbocycles. The van der Waals surface area contributed by atoms with Gasteiger partial charge in [0.2, 0.25) is 0 Å². The molecular formula is C26H45FO3Si2. The van der Waals surface area contributed by atoms with E-state index >= 15 is 4.39 Å². The summed E-state index contributed by atoms with van der Waals surface area (Å²) in [6.45, 7) is 20.1. The first-order valence-corrected chi connectivity index (χ1v) is 19.6. The SMILES string of the molecule is CC1(O[Si](C)(C)C)CCC2C3CCC4=CC(=O)CCC4(C)C3(F)C(O[Si](C)(C)C)CC21C. The van der Waals surface area contributed by atoms with Crippen LogP contribution >= 0.6 is 0 Å². The van der Waals surface area contributed by atoms with E-state index in [1.54, 1.807) is 6.08 Å². The van der Waals surface area contributed by atoms with Gasteiger partial charge in [0.05, 0.1) is 11.7 Å². The summed E-state index contributed by atoms with van der Waals surface area (Å²) >= 11 is 0. The van der Waals surface area contributed by atoms with Crippen LogP contribution < -0.4 is 0 Å². The Morgan fingerprint density at radius 1 is 0.938 bits per heavy atom. The van der Waals surface area contributed by atoms with Gasteiger partial charge in [0, 0.05) is 23.2 Å². The number of ketones is 1. The molecule has 3 nitrogen and oxygen atoms in total. The Balaban J connectivity index is 1.83. The maximum Gasteiger partial charge on any atom is 0.184 e. The Bertz CT molecular complexity index is 830. The Kier molecular flexibility index (Phi) is 5.70. The molecule has 0 amide bonds. The third-order valence-electron chi connectivity index (χ3n) is 9.58. The van der Waals surface area contributed by atoms with Crippen molar-refractivity contribution in [2.24, 2.45) is 22.7 Å². The van der Waals surface area contributed by atoms with Gasteiger partial charge < -0.3 is 8.85 Å². The van der Waals surface area contributed by atoms with E-state index in [0.29, 0.717) is 25.2 Å². The fraction of sp³-hybridized carbons (Fsp3) is 0.885. The van der Waals surface area contributed by atoms with Gasteiger partial charge in [-0.15, -0.1) is 0 Å². The summed E-state index contributed by atoms with van der Waals surface area (Å²) in [6, 6.07) is 0. The van der Waals surface area contributed by atoms with Gasteiger partial charge in [0.15, 0.2) is 22.4 Å². The summed E-state index contributed by atoms with van der Waals surface area (Å²) in [5.74, 6) is 0.427. The summed E-state index contributed by atoms with van der Waals surface area (Å²) in [5, 5.41) is 0. The van der Waals surface area contributed by atoms with Gasteiger partial charge in [-0.2, -0.15) is 0 Å². The molecule has 4 aliphatic carbocycles. The normalized spacial score (nSPS) is 46.9. The van der Waals surface area contributed by atoms with Crippen LogP contribution in [0.2, 0.25) is 39.3 Å². The molecule has 4 rings (SSSR count). The second-order valence-corrected chi connectivity index (χ2v) is 22.7. The third kappa shape index (κ3) is 3.58. The molecule has 0 N–H and O–H groups in total. The van der Waals surface area contributed by atoms with Gasteiger partial charge in [-0.25, -0.2) is 4.39 Å². The van der Waals surface area contributed by atoms with Crippen molar-refractivity contribution >= 4 is 22.4 Å². The molecule has 3 fully saturated rings. The highest BCUT2D eigenvalue weighted by atomic mass is 28.4. The summed E-state index contributed by atoms with van der Waals surface area (Å²) < 4.78 is 31.7. The highest BCUT2D eigenvalue weighted by molar-refractivity contribution is 6.70. The third-order valence-corrected chi connectivity index (χ3v) is 11.6. The second kappa shape index (κ2) is 7.35. The number of hydrogen-bond donors (Lipinski definition) is 0. The molecule has 0 aromatic heterocycles. The van der Waals surface area contributed by atoms with Crippen molar-refractivity contribution in [2.45, 2.75) is 122 Å². The van der Waals surface area contributed by atoms with E-state index in [9.17, 15) is 4.79 Å². The second-order valence-electron chi connectivity index (χ2n) is 13.8. The van der Waals surface area contributed by atoms with Crippen molar-refractivity contribution in [1.82, 2.24) is 0 Å². The molecular weight excluding hydrogens is 435 g/mol. The zero-order chi connectivity index (χ0) is 24.0. The number of hydrogen-bond acceptors (Lipinski definition) is 3. The molecule has 32 heavy (non-hydrogen) atoms. The van der Waals surface area contributed by atoms with E-state index in [1.807, 2.05) is 0 Å². The zero-order valence-corrected chi connectivity index (χ0v) is 23.9. The van der Waals surface area contributed by atoms with Crippen molar-refractivity contribution in [3.8, 4) is 0 Å². The summed E-state index contributed by atoms with van der Waals surface area (Å²) in [6.07, 6.45) is 6.82. The summed E-state index contributed by atoms with van der Waals surface area (Å²) in [5.41, 5.74) is -1.32. The highest BCUT2D eigenvalue weighted by Crippen LogP contribution is 2.71. The van der Waals surface area contributed by atoms with E-state index in [1.165, 1.54) is 0 Å². The summed E-state index contributed by atoms with van der Waals surface area (Å²) in [7, 11) is -3.77. The first-order chi connectivity index (χ1) is 14.5. The average Bonchev–Trinajstić information content (AvgIpc) is 2.85. The molecule has 0 spiro atoms. The van der Waals surface area contributed by atoms with Gasteiger partial charge in [0.25, 0.3) is 0 Å².